The second-order valence-electron chi connectivity index (χ2n) is 9.84. The van der Waals surface area contributed by atoms with E-state index in [1.807, 2.05) is 12.1 Å². The third-order valence-electron chi connectivity index (χ3n) is 7.22. The van der Waals surface area contributed by atoms with Gasteiger partial charge in [0.25, 0.3) is 0 Å². The van der Waals surface area contributed by atoms with Gasteiger partial charge in [0.2, 0.25) is 11.8 Å². The topological polar surface area (TPSA) is 71.1 Å². The molecule has 0 aromatic carbocycles. The van der Waals surface area contributed by atoms with Crippen LogP contribution in [0.25, 0.3) is 0 Å². The summed E-state index contributed by atoms with van der Waals surface area (Å²) in [7, 11) is 0. The molecular formula is C26H39N3O2. The molecule has 2 N–H and O–H groups in total. The molecule has 31 heavy (non-hydrogen) atoms. The fraction of sp³-hybridized carbons (Fsp3) is 0.654. The minimum atomic E-state index is 0.0909. The van der Waals surface area contributed by atoms with Crippen LogP contribution in [0.1, 0.15) is 71.3 Å². The van der Waals surface area contributed by atoms with E-state index in [-0.39, 0.29) is 23.7 Å². The second kappa shape index (κ2) is 11.4. The normalized spacial score (nSPS) is 24.5. The Bertz CT molecular complexity index is 753. The van der Waals surface area contributed by atoms with Gasteiger partial charge >= 0.3 is 0 Å². The first-order valence-corrected chi connectivity index (χ1v) is 12.1. The fourth-order valence-electron chi connectivity index (χ4n) is 5.23. The molecule has 2 aliphatic rings. The highest BCUT2D eigenvalue weighted by Crippen LogP contribution is 2.38. The summed E-state index contributed by atoms with van der Waals surface area (Å²) in [5.41, 5.74) is 2.30. The molecule has 1 saturated carbocycles. The number of nitrogens with one attached hydrogen (secondary N) is 2. The van der Waals surface area contributed by atoms with Gasteiger partial charge < -0.3 is 10.6 Å². The monoisotopic (exact) mass is 425 g/mol. The molecule has 0 bridgehead atoms. The zero-order valence-corrected chi connectivity index (χ0v) is 19.4. The summed E-state index contributed by atoms with van der Waals surface area (Å²) in [6, 6.07) is 3.86. The summed E-state index contributed by atoms with van der Waals surface area (Å²) in [6.45, 7) is 7.90. The van der Waals surface area contributed by atoms with Gasteiger partial charge in [-0.25, -0.2) is 0 Å². The fourth-order valence-corrected chi connectivity index (χ4v) is 5.23. The maximum Gasteiger partial charge on any atom is 0.223 e. The Morgan fingerprint density at radius 1 is 1.16 bits per heavy atom. The molecule has 0 aliphatic heterocycles. The standard InChI is InChI=1S/C26H39N3O2/c1-18(2)24-13-22(14-25(30)28-16-20-8-7-11-27-15-20)19(3)12-23(24)17-29-26(31)21-9-5-4-6-10-21/h7-8,11-12,15,18,21-24H,4-6,9-10,13-14,16-17H2,1-3H3,(H,28,30)(H,29,31)/t22-,23-,24-/m0/s1. The van der Waals surface area contributed by atoms with Crippen LogP contribution < -0.4 is 10.6 Å². The Hall–Kier alpha value is -2.17. The van der Waals surface area contributed by atoms with Gasteiger partial charge in [-0.1, -0.05) is 50.8 Å². The second-order valence-corrected chi connectivity index (χ2v) is 9.84. The molecule has 2 aliphatic carbocycles. The van der Waals surface area contributed by atoms with E-state index in [0.29, 0.717) is 30.7 Å². The van der Waals surface area contributed by atoms with Gasteiger partial charge in [-0.3, -0.25) is 14.6 Å². The first-order chi connectivity index (χ1) is 14.9. The summed E-state index contributed by atoms with van der Waals surface area (Å²) in [5.74, 6) is 2.15. The van der Waals surface area contributed by atoms with Gasteiger partial charge in [0, 0.05) is 37.8 Å². The number of carbonyl (C=O) groups excluding carboxylic acids is 2. The van der Waals surface area contributed by atoms with Gasteiger partial charge in [-0.05, 0) is 61.5 Å². The highest BCUT2D eigenvalue weighted by Gasteiger charge is 2.33. The van der Waals surface area contributed by atoms with Crippen molar-refractivity contribution in [1.29, 1.82) is 0 Å². The molecule has 0 unspecified atom stereocenters. The van der Waals surface area contributed by atoms with Crippen molar-refractivity contribution >= 4 is 11.8 Å². The van der Waals surface area contributed by atoms with Gasteiger partial charge in [0.15, 0.2) is 0 Å². The smallest absolute Gasteiger partial charge is 0.223 e. The summed E-state index contributed by atoms with van der Waals surface area (Å²) >= 11 is 0. The maximum atomic E-state index is 12.6. The molecule has 0 saturated heterocycles. The lowest BCUT2D eigenvalue weighted by atomic mass is 9.69. The van der Waals surface area contributed by atoms with Crippen molar-refractivity contribution in [3.63, 3.8) is 0 Å². The molecule has 3 atom stereocenters. The Balaban J connectivity index is 1.54. The molecule has 5 heteroatoms. The van der Waals surface area contributed by atoms with Crippen LogP contribution >= 0.6 is 0 Å². The van der Waals surface area contributed by atoms with E-state index in [9.17, 15) is 9.59 Å². The first kappa shape index (κ1) is 23.5. The summed E-state index contributed by atoms with van der Waals surface area (Å²) in [6.07, 6.45) is 13.1. The number of aromatic nitrogens is 1. The molecule has 5 nitrogen and oxygen atoms in total. The first-order valence-electron chi connectivity index (χ1n) is 12.1. The lowest BCUT2D eigenvalue weighted by molar-refractivity contribution is -0.126. The Morgan fingerprint density at radius 3 is 2.61 bits per heavy atom. The molecule has 0 radical (unpaired) electrons. The third-order valence-corrected chi connectivity index (χ3v) is 7.22. The van der Waals surface area contributed by atoms with Crippen LogP contribution in [0.3, 0.4) is 0 Å². The lowest BCUT2D eigenvalue weighted by Gasteiger charge is -2.37. The van der Waals surface area contributed by atoms with E-state index >= 15 is 0 Å². The van der Waals surface area contributed by atoms with Gasteiger partial charge in [0.1, 0.15) is 0 Å². The van der Waals surface area contributed by atoms with Gasteiger partial charge in [-0.15, -0.1) is 0 Å². The molecule has 2 amide bonds. The number of carbonyl (C=O) groups is 2. The average molecular weight is 426 g/mol. The summed E-state index contributed by atoms with van der Waals surface area (Å²) in [5, 5.41) is 6.29. The van der Waals surface area contributed by atoms with Crippen LogP contribution in [0, 0.1) is 29.6 Å². The zero-order chi connectivity index (χ0) is 22.2. The third kappa shape index (κ3) is 6.91. The number of nitrogens with zero attached hydrogens (tertiary/aromatic N) is 1. The molecule has 0 spiro atoms. The van der Waals surface area contributed by atoms with E-state index in [1.165, 1.54) is 24.8 Å². The van der Waals surface area contributed by atoms with Crippen molar-refractivity contribution in [3.8, 4) is 0 Å². The number of hydrogen-bond donors (Lipinski definition) is 2. The highest BCUT2D eigenvalue weighted by atomic mass is 16.2. The van der Waals surface area contributed by atoms with Crippen molar-refractivity contribution in [1.82, 2.24) is 15.6 Å². The predicted molar refractivity (Wildman–Crippen MR) is 124 cm³/mol. The SMILES string of the molecule is CC1=C[C@@H](CNC(=O)C2CCCCC2)[C@H](C(C)C)C[C@H]1CC(=O)NCc1cccnc1. The van der Waals surface area contributed by atoms with E-state index in [0.717, 1.165) is 31.4 Å². The molecule has 170 valence electrons. The van der Waals surface area contributed by atoms with Gasteiger partial charge in [-0.2, -0.15) is 0 Å². The number of allylic oxidation sites excluding steroid dienone is 1. The highest BCUT2D eigenvalue weighted by molar-refractivity contribution is 5.78. The van der Waals surface area contributed by atoms with Crippen molar-refractivity contribution in [2.24, 2.45) is 29.6 Å². The molecule has 1 heterocycles. The number of rotatable bonds is 8. The number of amides is 2. The van der Waals surface area contributed by atoms with Crippen molar-refractivity contribution in [2.75, 3.05) is 6.54 Å². The van der Waals surface area contributed by atoms with Crippen molar-refractivity contribution in [2.45, 2.75) is 72.3 Å². The van der Waals surface area contributed by atoms with E-state index < -0.39 is 0 Å². The zero-order valence-electron chi connectivity index (χ0n) is 19.4. The Kier molecular flexibility index (Phi) is 8.68. The van der Waals surface area contributed by atoms with E-state index in [1.54, 1.807) is 12.4 Å². The Morgan fingerprint density at radius 2 is 1.94 bits per heavy atom. The van der Waals surface area contributed by atoms with Crippen LogP contribution in [0.2, 0.25) is 0 Å². The minimum Gasteiger partial charge on any atom is -0.355 e. The van der Waals surface area contributed by atoms with E-state index in [2.05, 4.69) is 42.5 Å². The van der Waals surface area contributed by atoms with Gasteiger partial charge in [0.05, 0.1) is 0 Å². The molecule has 3 rings (SSSR count). The lowest BCUT2D eigenvalue weighted by Crippen LogP contribution is -2.40. The average Bonchev–Trinajstić information content (AvgIpc) is 2.78. The molecule has 1 fully saturated rings. The molecule has 1 aromatic heterocycles. The number of hydrogen-bond acceptors (Lipinski definition) is 3. The van der Waals surface area contributed by atoms with Crippen LogP contribution in [0.15, 0.2) is 36.2 Å². The van der Waals surface area contributed by atoms with Crippen molar-refractivity contribution in [3.05, 3.63) is 41.7 Å². The van der Waals surface area contributed by atoms with Crippen LogP contribution in [0.5, 0.6) is 0 Å². The van der Waals surface area contributed by atoms with Crippen LogP contribution in [-0.2, 0) is 16.1 Å². The van der Waals surface area contributed by atoms with E-state index in [4.69, 9.17) is 0 Å². The van der Waals surface area contributed by atoms with Crippen LogP contribution in [0.4, 0.5) is 0 Å². The summed E-state index contributed by atoms with van der Waals surface area (Å²) < 4.78 is 0. The Labute approximate surface area is 187 Å². The van der Waals surface area contributed by atoms with Crippen LogP contribution in [-0.4, -0.2) is 23.3 Å². The van der Waals surface area contributed by atoms with Crippen molar-refractivity contribution < 1.29 is 9.59 Å². The summed E-state index contributed by atoms with van der Waals surface area (Å²) in [4.78, 5) is 29.3. The number of pyridine rings is 1. The maximum absolute atomic E-state index is 12.6. The minimum absolute atomic E-state index is 0.0909. The molecular weight excluding hydrogens is 386 g/mol. The largest absolute Gasteiger partial charge is 0.355 e. The molecule has 1 aromatic rings. The predicted octanol–water partition coefficient (Wildman–Crippen LogP) is 4.64. The quantitative estimate of drug-likeness (QED) is 0.596.